The second-order valence-corrected chi connectivity index (χ2v) is 4.32. The third-order valence-electron chi connectivity index (χ3n) is 2.88. The van der Waals surface area contributed by atoms with Gasteiger partial charge in [-0.2, -0.15) is 15.4 Å². The maximum Gasteiger partial charge on any atom is 0.117 e. The van der Waals surface area contributed by atoms with Gasteiger partial charge in [0.15, 0.2) is 0 Å². The summed E-state index contributed by atoms with van der Waals surface area (Å²) in [7, 11) is 0. The topological polar surface area (TPSA) is 53.6 Å². The highest BCUT2D eigenvalue weighted by Crippen LogP contribution is 2.18. The summed E-state index contributed by atoms with van der Waals surface area (Å²) >= 11 is 0. The molecule has 0 saturated heterocycles. The molecule has 0 bridgehead atoms. The molecule has 2 N–H and O–H groups in total. The quantitative estimate of drug-likeness (QED) is 0.589. The standard InChI is InChI=1S/C15H18N4/c1-2-3-4-8-11-16-12-14-15(18-19-17-14)13-9-6-5-7-10-13/h1,5-7,9-10,16H,3-4,8,11-12H2,(H,17,18,19). The number of aromatic nitrogens is 3. The van der Waals surface area contributed by atoms with E-state index in [2.05, 4.69) is 26.6 Å². The highest BCUT2D eigenvalue weighted by molar-refractivity contribution is 5.60. The molecule has 1 aromatic carbocycles. The van der Waals surface area contributed by atoms with Crippen molar-refractivity contribution in [1.29, 1.82) is 0 Å². The van der Waals surface area contributed by atoms with Crippen LogP contribution >= 0.6 is 0 Å². The van der Waals surface area contributed by atoms with Crippen LogP contribution in [0.1, 0.15) is 25.0 Å². The van der Waals surface area contributed by atoms with Gasteiger partial charge >= 0.3 is 0 Å². The molecule has 0 unspecified atom stereocenters. The van der Waals surface area contributed by atoms with Crippen molar-refractivity contribution in [3.8, 4) is 23.6 Å². The summed E-state index contributed by atoms with van der Waals surface area (Å²) in [5.41, 5.74) is 2.94. The third kappa shape index (κ3) is 3.94. The molecule has 4 heteroatoms. The summed E-state index contributed by atoms with van der Waals surface area (Å²) in [4.78, 5) is 0. The second kappa shape index (κ2) is 7.34. The minimum atomic E-state index is 0.719. The molecule has 0 atom stereocenters. The maximum absolute atomic E-state index is 5.21. The van der Waals surface area contributed by atoms with Crippen LogP contribution in [0.2, 0.25) is 0 Å². The van der Waals surface area contributed by atoms with E-state index in [9.17, 15) is 0 Å². The van der Waals surface area contributed by atoms with Crippen LogP contribution in [0.15, 0.2) is 30.3 Å². The van der Waals surface area contributed by atoms with Crippen molar-refractivity contribution in [3.05, 3.63) is 36.0 Å². The number of hydrogen-bond donors (Lipinski definition) is 2. The van der Waals surface area contributed by atoms with E-state index in [0.29, 0.717) is 0 Å². The summed E-state index contributed by atoms with van der Waals surface area (Å²) in [5, 5.41) is 14.5. The van der Waals surface area contributed by atoms with Gasteiger partial charge in [-0.3, -0.25) is 0 Å². The van der Waals surface area contributed by atoms with E-state index >= 15 is 0 Å². The van der Waals surface area contributed by atoms with Crippen LogP contribution in [0, 0.1) is 12.3 Å². The van der Waals surface area contributed by atoms with E-state index in [1.54, 1.807) is 0 Å². The number of benzene rings is 1. The van der Waals surface area contributed by atoms with Crippen LogP contribution in [0.5, 0.6) is 0 Å². The monoisotopic (exact) mass is 254 g/mol. The minimum Gasteiger partial charge on any atom is -0.311 e. The van der Waals surface area contributed by atoms with Gasteiger partial charge in [-0.25, -0.2) is 0 Å². The predicted octanol–water partition coefficient (Wildman–Crippen LogP) is 2.36. The summed E-state index contributed by atoms with van der Waals surface area (Å²) in [6.45, 7) is 1.67. The van der Waals surface area contributed by atoms with Crippen molar-refractivity contribution in [2.75, 3.05) is 6.54 Å². The zero-order valence-corrected chi connectivity index (χ0v) is 10.9. The first-order chi connectivity index (χ1) is 9.42. The molecule has 0 saturated carbocycles. The Bertz CT molecular complexity index is 525. The third-order valence-corrected chi connectivity index (χ3v) is 2.88. The molecule has 0 aliphatic rings. The van der Waals surface area contributed by atoms with Gasteiger partial charge in [-0.15, -0.1) is 12.3 Å². The van der Waals surface area contributed by atoms with Gasteiger partial charge in [-0.05, 0) is 19.4 Å². The first-order valence-corrected chi connectivity index (χ1v) is 6.51. The second-order valence-electron chi connectivity index (χ2n) is 4.32. The Morgan fingerprint density at radius 1 is 1.16 bits per heavy atom. The van der Waals surface area contributed by atoms with E-state index < -0.39 is 0 Å². The lowest BCUT2D eigenvalue weighted by Gasteiger charge is -2.03. The van der Waals surface area contributed by atoms with Crippen molar-refractivity contribution in [2.24, 2.45) is 0 Å². The molecular formula is C15H18N4. The molecule has 0 aliphatic heterocycles. The predicted molar refractivity (Wildman–Crippen MR) is 76.2 cm³/mol. The molecule has 19 heavy (non-hydrogen) atoms. The lowest BCUT2D eigenvalue weighted by Crippen LogP contribution is -2.15. The van der Waals surface area contributed by atoms with Crippen LogP contribution in [0.3, 0.4) is 0 Å². The summed E-state index contributed by atoms with van der Waals surface area (Å²) in [5.74, 6) is 2.65. The number of unbranched alkanes of at least 4 members (excludes halogenated alkanes) is 2. The Hall–Kier alpha value is -2.12. The Labute approximate surface area is 113 Å². The fourth-order valence-corrected chi connectivity index (χ4v) is 1.89. The number of nitrogens with one attached hydrogen (secondary N) is 2. The van der Waals surface area contributed by atoms with Gasteiger partial charge in [0, 0.05) is 18.5 Å². The van der Waals surface area contributed by atoms with Gasteiger partial charge in [0.25, 0.3) is 0 Å². The molecule has 0 radical (unpaired) electrons. The summed E-state index contributed by atoms with van der Waals surface area (Å²) in [6, 6.07) is 10.1. The molecule has 2 aromatic rings. The van der Waals surface area contributed by atoms with Gasteiger partial charge < -0.3 is 5.32 Å². The normalized spacial score (nSPS) is 10.3. The zero-order chi connectivity index (χ0) is 13.3. The van der Waals surface area contributed by atoms with Crippen molar-refractivity contribution < 1.29 is 0 Å². The van der Waals surface area contributed by atoms with Crippen LogP contribution in [-0.2, 0) is 6.54 Å². The summed E-state index contributed by atoms with van der Waals surface area (Å²) in [6.07, 6.45) is 8.21. The Kier molecular flexibility index (Phi) is 5.15. The average Bonchev–Trinajstić information content (AvgIpc) is 2.92. The first-order valence-electron chi connectivity index (χ1n) is 6.51. The SMILES string of the molecule is C#CCCCCNCc1n[nH]nc1-c1ccccc1. The number of rotatable bonds is 7. The molecule has 2 rings (SSSR count). The summed E-state index contributed by atoms with van der Waals surface area (Å²) < 4.78 is 0. The van der Waals surface area contributed by atoms with Crippen LogP contribution in [-0.4, -0.2) is 22.0 Å². The number of terminal acetylenes is 1. The smallest absolute Gasteiger partial charge is 0.117 e. The van der Waals surface area contributed by atoms with Gasteiger partial charge in [0.05, 0.1) is 0 Å². The zero-order valence-electron chi connectivity index (χ0n) is 10.9. The molecule has 0 amide bonds. The van der Waals surface area contributed by atoms with Gasteiger partial charge in [0.2, 0.25) is 0 Å². The highest BCUT2D eigenvalue weighted by Gasteiger charge is 2.08. The minimum absolute atomic E-state index is 0.719. The van der Waals surface area contributed by atoms with Gasteiger partial charge in [0.1, 0.15) is 11.4 Å². The number of hydrogen-bond acceptors (Lipinski definition) is 3. The van der Waals surface area contributed by atoms with Crippen LogP contribution in [0.25, 0.3) is 11.3 Å². The first kappa shape index (κ1) is 13.3. The average molecular weight is 254 g/mol. The fraction of sp³-hybridized carbons (Fsp3) is 0.333. The van der Waals surface area contributed by atoms with Gasteiger partial charge in [-0.1, -0.05) is 30.3 Å². The maximum atomic E-state index is 5.21. The van der Waals surface area contributed by atoms with E-state index in [-0.39, 0.29) is 0 Å². The van der Waals surface area contributed by atoms with Crippen LogP contribution < -0.4 is 5.32 Å². The molecule has 1 aromatic heterocycles. The molecule has 1 heterocycles. The van der Waals surface area contributed by atoms with Crippen molar-refractivity contribution in [1.82, 2.24) is 20.7 Å². The largest absolute Gasteiger partial charge is 0.311 e. The number of nitrogens with zero attached hydrogens (tertiary/aromatic N) is 2. The van der Waals surface area contributed by atoms with Crippen molar-refractivity contribution >= 4 is 0 Å². The molecule has 0 fully saturated rings. The Balaban J connectivity index is 1.85. The molecular weight excluding hydrogens is 236 g/mol. The fourth-order valence-electron chi connectivity index (χ4n) is 1.89. The van der Waals surface area contributed by atoms with E-state index in [0.717, 1.165) is 49.3 Å². The van der Waals surface area contributed by atoms with Crippen molar-refractivity contribution in [2.45, 2.75) is 25.8 Å². The molecule has 0 spiro atoms. The lowest BCUT2D eigenvalue weighted by atomic mass is 10.1. The lowest BCUT2D eigenvalue weighted by molar-refractivity contribution is 0.622. The number of aromatic amines is 1. The van der Waals surface area contributed by atoms with E-state index in [1.807, 2.05) is 30.3 Å². The number of H-pyrrole nitrogens is 1. The Morgan fingerprint density at radius 2 is 2.00 bits per heavy atom. The highest BCUT2D eigenvalue weighted by atomic mass is 15.3. The van der Waals surface area contributed by atoms with E-state index in [4.69, 9.17) is 6.42 Å². The Morgan fingerprint density at radius 3 is 2.79 bits per heavy atom. The van der Waals surface area contributed by atoms with Crippen LogP contribution in [0.4, 0.5) is 0 Å². The van der Waals surface area contributed by atoms with Crippen molar-refractivity contribution in [3.63, 3.8) is 0 Å². The molecule has 0 aliphatic carbocycles. The molecule has 4 nitrogen and oxygen atoms in total. The molecule has 98 valence electrons. The van der Waals surface area contributed by atoms with E-state index in [1.165, 1.54) is 0 Å².